The van der Waals surface area contributed by atoms with Gasteiger partial charge in [0.15, 0.2) is 5.65 Å². The lowest BCUT2D eigenvalue weighted by Gasteiger charge is -2.19. The molecule has 1 aromatic carbocycles. The maximum atomic E-state index is 13.2. The van der Waals surface area contributed by atoms with Gasteiger partial charge in [-0.15, -0.1) is 0 Å². The Morgan fingerprint density at radius 2 is 1.94 bits per heavy atom. The van der Waals surface area contributed by atoms with Crippen LogP contribution < -0.4 is 10.8 Å². The van der Waals surface area contributed by atoms with Gasteiger partial charge in [-0.05, 0) is 81.7 Å². The van der Waals surface area contributed by atoms with Crippen LogP contribution in [0.3, 0.4) is 0 Å². The first kappa shape index (κ1) is 25.7. The van der Waals surface area contributed by atoms with Gasteiger partial charge in [0.05, 0.1) is 16.0 Å². The summed E-state index contributed by atoms with van der Waals surface area (Å²) in [6.45, 7) is 5.08. The molecule has 2 aliphatic carbocycles. The molecule has 5 rings (SSSR count). The van der Waals surface area contributed by atoms with Gasteiger partial charge >= 0.3 is 0 Å². The molecule has 9 heteroatoms. The summed E-state index contributed by atoms with van der Waals surface area (Å²) in [4.78, 5) is 10.5. The number of benzene rings is 1. The molecule has 0 radical (unpaired) electrons. The van der Waals surface area contributed by atoms with E-state index in [9.17, 15) is 8.42 Å². The quantitative estimate of drug-likeness (QED) is 0.268. The van der Waals surface area contributed by atoms with E-state index in [1.807, 2.05) is 6.92 Å². The predicted octanol–water partition coefficient (Wildman–Crippen LogP) is 5.00. The van der Waals surface area contributed by atoms with Gasteiger partial charge in [-0.2, -0.15) is 5.48 Å². The van der Waals surface area contributed by atoms with Crippen molar-refractivity contribution in [2.75, 3.05) is 6.54 Å². The van der Waals surface area contributed by atoms with Crippen LogP contribution >= 0.6 is 11.6 Å². The van der Waals surface area contributed by atoms with E-state index < -0.39 is 10.0 Å². The van der Waals surface area contributed by atoms with Crippen molar-refractivity contribution >= 4 is 32.7 Å². The van der Waals surface area contributed by atoms with E-state index >= 15 is 0 Å². The number of nitrogens with one attached hydrogen (secondary N) is 2. The number of nitrogens with zero attached hydrogens (tertiary/aromatic N) is 2. The molecule has 2 aromatic heterocycles. The van der Waals surface area contributed by atoms with Crippen LogP contribution in [0, 0.1) is 12.8 Å². The van der Waals surface area contributed by atoms with Crippen LogP contribution in [-0.4, -0.2) is 42.1 Å². The number of pyridine rings is 1. The standard InChI is InChI=1S/C27H35ClN4O3S/c1-3-19-15-21(31-35-22-8-9-22)16-25(19)29-13-4-5-20-17-30-27-24(26(20)28)12-14-32(27)36(33,34)23-10-6-18(2)7-11-23/h6-7,10-12,14,17,19,21-22,25,29,31H,3-5,8-9,13,15-16H2,1-2H3. The summed E-state index contributed by atoms with van der Waals surface area (Å²) in [6.07, 6.45) is 11.1. The van der Waals surface area contributed by atoms with Crippen molar-refractivity contribution in [2.24, 2.45) is 5.92 Å². The molecule has 3 aromatic rings. The van der Waals surface area contributed by atoms with Crippen molar-refractivity contribution in [3.8, 4) is 0 Å². The molecule has 0 amide bonds. The highest BCUT2D eigenvalue weighted by atomic mass is 35.5. The molecule has 0 bridgehead atoms. The Balaban J connectivity index is 1.20. The summed E-state index contributed by atoms with van der Waals surface area (Å²) in [5.74, 6) is 0.655. The molecule has 36 heavy (non-hydrogen) atoms. The minimum absolute atomic E-state index is 0.229. The first-order chi connectivity index (χ1) is 17.4. The van der Waals surface area contributed by atoms with Crippen molar-refractivity contribution in [3.05, 3.63) is 58.9 Å². The number of hydrogen-bond donors (Lipinski definition) is 2. The Bertz CT molecular complexity index is 1300. The normalized spacial score (nSPS) is 22.5. The fourth-order valence-electron chi connectivity index (χ4n) is 5.13. The van der Waals surface area contributed by atoms with E-state index in [2.05, 4.69) is 22.7 Å². The number of halogens is 1. The number of aryl methyl sites for hydroxylation is 2. The molecule has 3 unspecified atom stereocenters. The van der Waals surface area contributed by atoms with Gasteiger partial charge in [-0.1, -0.05) is 42.6 Å². The van der Waals surface area contributed by atoms with E-state index in [1.165, 1.54) is 23.0 Å². The topological polar surface area (TPSA) is 85.2 Å². The van der Waals surface area contributed by atoms with E-state index in [0.29, 0.717) is 40.2 Å². The summed E-state index contributed by atoms with van der Waals surface area (Å²) in [6, 6.07) is 9.47. The molecular formula is C27H35ClN4O3S. The van der Waals surface area contributed by atoms with Crippen molar-refractivity contribution < 1.29 is 13.3 Å². The van der Waals surface area contributed by atoms with Crippen LogP contribution in [0.25, 0.3) is 11.0 Å². The summed E-state index contributed by atoms with van der Waals surface area (Å²) in [5.41, 5.74) is 5.59. The summed E-state index contributed by atoms with van der Waals surface area (Å²) in [7, 11) is -3.75. The zero-order chi connectivity index (χ0) is 25.3. The number of fused-ring (bicyclic) bond motifs is 1. The van der Waals surface area contributed by atoms with Crippen molar-refractivity contribution in [1.82, 2.24) is 19.8 Å². The molecule has 2 heterocycles. The third kappa shape index (κ3) is 5.48. The molecule has 0 spiro atoms. The molecule has 3 atom stereocenters. The summed E-state index contributed by atoms with van der Waals surface area (Å²) in [5, 5.41) is 4.98. The van der Waals surface area contributed by atoms with Gasteiger partial charge in [0.25, 0.3) is 10.0 Å². The van der Waals surface area contributed by atoms with Crippen molar-refractivity contribution in [3.63, 3.8) is 0 Å². The number of rotatable bonds is 11. The van der Waals surface area contributed by atoms with Crippen LogP contribution in [0.2, 0.25) is 5.02 Å². The Morgan fingerprint density at radius 1 is 1.17 bits per heavy atom. The average molecular weight is 531 g/mol. The lowest BCUT2D eigenvalue weighted by atomic mass is 10.0. The molecular weight excluding hydrogens is 496 g/mol. The van der Waals surface area contributed by atoms with Crippen molar-refractivity contribution in [1.29, 1.82) is 0 Å². The minimum atomic E-state index is -3.75. The molecule has 2 fully saturated rings. The lowest BCUT2D eigenvalue weighted by Crippen LogP contribution is -2.34. The van der Waals surface area contributed by atoms with Gasteiger partial charge in [0.1, 0.15) is 0 Å². The third-order valence-corrected chi connectivity index (χ3v) is 9.57. The van der Waals surface area contributed by atoms with E-state index in [0.717, 1.165) is 49.8 Å². The van der Waals surface area contributed by atoms with E-state index in [1.54, 1.807) is 36.5 Å². The zero-order valence-electron chi connectivity index (χ0n) is 20.9. The second kappa shape index (κ2) is 10.8. The van der Waals surface area contributed by atoms with Gasteiger partial charge < -0.3 is 5.32 Å². The SMILES string of the molecule is CCC1CC(NOC2CC2)CC1NCCCc1cnc2c(ccn2S(=O)(=O)c2ccc(C)cc2)c1Cl. The highest BCUT2D eigenvalue weighted by Gasteiger charge is 2.34. The smallest absolute Gasteiger partial charge is 0.269 e. The van der Waals surface area contributed by atoms with Crippen molar-refractivity contribution in [2.45, 2.75) is 81.9 Å². The highest BCUT2D eigenvalue weighted by molar-refractivity contribution is 7.90. The second-order valence-corrected chi connectivity index (χ2v) is 12.4. The Hall–Kier alpha value is -1.97. The molecule has 2 N–H and O–H groups in total. The van der Waals surface area contributed by atoms with Crippen LogP contribution in [0.4, 0.5) is 0 Å². The molecule has 194 valence electrons. The fraction of sp³-hybridized carbons (Fsp3) is 0.519. The Kier molecular flexibility index (Phi) is 7.70. The van der Waals surface area contributed by atoms with Crippen LogP contribution in [-0.2, 0) is 21.3 Å². The first-order valence-electron chi connectivity index (χ1n) is 13.0. The third-order valence-electron chi connectivity index (χ3n) is 7.44. The second-order valence-electron chi connectivity index (χ2n) is 10.2. The van der Waals surface area contributed by atoms with E-state index in [-0.39, 0.29) is 4.90 Å². The van der Waals surface area contributed by atoms with Crippen LogP contribution in [0.15, 0.2) is 47.6 Å². The lowest BCUT2D eigenvalue weighted by molar-refractivity contribution is 0.00355. The van der Waals surface area contributed by atoms with E-state index in [4.69, 9.17) is 16.4 Å². The Labute approximate surface area is 218 Å². The number of hydrogen-bond acceptors (Lipinski definition) is 6. The molecule has 2 saturated carbocycles. The first-order valence-corrected chi connectivity index (χ1v) is 14.8. The van der Waals surface area contributed by atoms with Crippen LogP contribution in [0.5, 0.6) is 0 Å². The molecule has 7 nitrogen and oxygen atoms in total. The Morgan fingerprint density at radius 3 is 2.67 bits per heavy atom. The fourth-order valence-corrected chi connectivity index (χ4v) is 6.72. The maximum absolute atomic E-state index is 13.2. The summed E-state index contributed by atoms with van der Waals surface area (Å²) < 4.78 is 27.5. The summed E-state index contributed by atoms with van der Waals surface area (Å²) >= 11 is 6.72. The monoisotopic (exact) mass is 530 g/mol. The van der Waals surface area contributed by atoms with Gasteiger partial charge in [0, 0.05) is 29.9 Å². The largest absolute Gasteiger partial charge is 0.314 e. The maximum Gasteiger partial charge on any atom is 0.269 e. The molecule has 2 aliphatic rings. The van der Waals surface area contributed by atoms with Gasteiger partial charge in [-0.25, -0.2) is 17.4 Å². The molecule has 0 saturated heterocycles. The number of hydroxylamine groups is 1. The van der Waals surface area contributed by atoms with Gasteiger partial charge in [0.2, 0.25) is 0 Å². The number of aromatic nitrogens is 2. The average Bonchev–Trinajstić information content (AvgIpc) is 3.45. The predicted molar refractivity (Wildman–Crippen MR) is 143 cm³/mol. The van der Waals surface area contributed by atoms with Gasteiger partial charge in [-0.3, -0.25) is 4.84 Å². The minimum Gasteiger partial charge on any atom is -0.314 e. The molecule has 0 aliphatic heterocycles. The van der Waals surface area contributed by atoms with Crippen LogP contribution in [0.1, 0.15) is 56.6 Å². The highest BCUT2D eigenvalue weighted by Crippen LogP contribution is 2.31. The zero-order valence-corrected chi connectivity index (χ0v) is 22.5.